The second-order valence-corrected chi connectivity index (χ2v) is 7.35. The third-order valence-electron chi connectivity index (χ3n) is 5.89. The molecule has 4 nitrogen and oxygen atoms in total. The number of aliphatic imine (C=N–C) groups is 1. The average molecular weight is 456 g/mol. The highest BCUT2D eigenvalue weighted by molar-refractivity contribution is 14.0. The van der Waals surface area contributed by atoms with Gasteiger partial charge >= 0.3 is 0 Å². The van der Waals surface area contributed by atoms with Crippen LogP contribution in [0.2, 0.25) is 0 Å². The molecule has 1 aliphatic heterocycles. The van der Waals surface area contributed by atoms with Crippen LogP contribution in [0.1, 0.15) is 38.2 Å². The van der Waals surface area contributed by atoms with E-state index in [1.807, 2.05) is 7.05 Å². The smallest absolute Gasteiger partial charge is 0.191 e. The molecule has 1 unspecified atom stereocenters. The third kappa shape index (κ3) is 5.09. The summed E-state index contributed by atoms with van der Waals surface area (Å²) in [6, 6.07) is 11.0. The van der Waals surface area contributed by atoms with Crippen LogP contribution in [0.4, 0.5) is 0 Å². The van der Waals surface area contributed by atoms with E-state index in [1.165, 1.54) is 50.9 Å². The van der Waals surface area contributed by atoms with Crippen molar-refractivity contribution in [2.24, 2.45) is 10.9 Å². The summed E-state index contributed by atoms with van der Waals surface area (Å²) in [5, 5.41) is 7.13. The van der Waals surface area contributed by atoms with Gasteiger partial charge in [-0.15, -0.1) is 24.0 Å². The Bertz CT molecular complexity index is 542. The molecule has 2 aliphatic rings. The number of nitrogens with one attached hydrogen (secondary N) is 2. The lowest BCUT2D eigenvalue weighted by atomic mass is 9.64. The van der Waals surface area contributed by atoms with E-state index in [0.717, 1.165) is 25.0 Å². The molecule has 5 heteroatoms. The van der Waals surface area contributed by atoms with Gasteiger partial charge in [-0.25, -0.2) is 0 Å². The van der Waals surface area contributed by atoms with Gasteiger partial charge in [0.15, 0.2) is 5.96 Å². The minimum Gasteiger partial charge on any atom is -0.356 e. The lowest BCUT2D eigenvalue weighted by Crippen LogP contribution is -2.49. The Labute approximate surface area is 169 Å². The van der Waals surface area contributed by atoms with Crippen LogP contribution in [-0.2, 0) is 5.41 Å². The van der Waals surface area contributed by atoms with Gasteiger partial charge in [-0.3, -0.25) is 4.99 Å². The van der Waals surface area contributed by atoms with Crippen LogP contribution < -0.4 is 10.6 Å². The topological polar surface area (TPSA) is 39.7 Å². The molecule has 1 aromatic carbocycles. The van der Waals surface area contributed by atoms with Crippen molar-refractivity contribution in [2.75, 3.05) is 39.8 Å². The summed E-state index contributed by atoms with van der Waals surface area (Å²) in [7, 11) is 1.87. The fourth-order valence-corrected chi connectivity index (χ4v) is 4.04. The standard InChI is InChI=1S/C20H32N4.HI/c1-3-24-13-10-17(15-24)14-22-19(21-2)23-16-20(11-7-12-20)18-8-5-4-6-9-18;/h4-6,8-9,17H,3,7,10-16H2,1-2H3,(H2,21,22,23);1H. The van der Waals surface area contributed by atoms with Gasteiger partial charge in [0.2, 0.25) is 0 Å². The zero-order chi connectivity index (χ0) is 16.8. The molecule has 1 atom stereocenters. The van der Waals surface area contributed by atoms with Gasteiger partial charge in [0.25, 0.3) is 0 Å². The van der Waals surface area contributed by atoms with Crippen molar-refractivity contribution < 1.29 is 0 Å². The van der Waals surface area contributed by atoms with E-state index in [-0.39, 0.29) is 24.0 Å². The van der Waals surface area contributed by atoms with Gasteiger partial charge in [0.1, 0.15) is 0 Å². The lowest BCUT2D eigenvalue weighted by Gasteiger charge is -2.43. The maximum absolute atomic E-state index is 4.42. The summed E-state index contributed by atoms with van der Waals surface area (Å²) in [5.41, 5.74) is 1.76. The SMILES string of the molecule is CCN1CCC(CNC(=NC)NCC2(c3ccccc3)CCC2)C1.I. The second kappa shape index (κ2) is 9.76. The van der Waals surface area contributed by atoms with E-state index in [0.29, 0.717) is 5.41 Å². The van der Waals surface area contributed by atoms with E-state index < -0.39 is 0 Å². The molecular weight excluding hydrogens is 423 g/mol. The summed E-state index contributed by atoms with van der Waals surface area (Å²) in [4.78, 5) is 6.95. The van der Waals surface area contributed by atoms with Gasteiger partial charge in [-0.1, -0.05) is 43.7 Å². The molecule has 25 heavy (non-hydrogen) atoms. The summed E-state index contributed by atoms with van der Waals surface area (Å²) in [5.74, 6) is 1.70. The monoisotopic (exact) mass is 456 g/mol. The Kier molecular flexibility index (Phi) is 8.00. The maximum atomic E-state index is 4.42. The normalized spacial score (nSPS) is 22.8. The number of rotatable bonds is 6. The third-order valence-corrected chi connectivity index (χ3v) is 5.89. The van der Waals surface area contributed by atoms with Gasteiger partial charge in [-0.2, -0.15) is 0 Å². The van der Waals surface area contributed by atoms with Crippen molar-refractivity contribution in [1.29, 1.82) is 0 Å². The lowest BCUT2D eigenvalue weighted by molar-refractivity contribution is 0.243. The van der Waals surface area contributed by atoms with Crippen molar-refractivity contribution in [3.8, 4) is 0 Å². The number of halogens is 1. The van der Waals surface area contributed by atoms with Crippen molar-refractivity contribution in [2.45, 2.75) is 38.0 Å². The van der Waals surface area contributed by atoms with E-state index in [9.17, 15) is 0 Å². The molecule has 1 saturated carbocycles. The maximum Gasteiger partial charge on any atom is 0.191 e. The predicted octanol–water partition coefficient (Wildman–Crippen LogP) is 3.23. The fourth-order valence-electron chi connectivity index (χ4n) is 4.04. The Morgan fingerprint density at radius 3 is 2.56 bits per heavy atom. The highest BCUT2D eigenvalue weighted by Crippen LogP contribution is 2.43. The van der Waals surface area contributed by atoms with Crippen LogP contribution in [0.25, 0.3) is 0 Å². The largest absolute Gasteiger partial charge is 0.356 e. The van der Waals surface area contributed by atoms with Crippen molar-refractivity contribution in [3.63, 3.8) is 0 Å². The number of likely N-dealkylation sites (tertiary alicyclic amines) is 1. The number of guanidine groups is 1. The molecule has 1 aromatic rings. The summed E-state index contributed by atoms with van der Waals surface area (Å²) < 4.78 is 0. The molecule has 1 aliphatic carbocycles. The fraction of sp³-hybridized carbons (Fsp3) is 0.650. The Morgan fingerprint density at radius 1 is 1.24 bits per heavy atom. The van der Waals surface area contributed by atoms with E-state index in [2.05, 4.69) is 57.8 Å². The van der Waals surface area contributed by atoms with Crippen LogP contribution in [0.5, 0.6) is 0 Å². The van der Waals surface area contributed by atoms with Gasteiger partial charge in [-0.05, 0) is 43.8 Å². The first-order valence-electron chi connectivity index (χ1n) is 9.48. The molecule has 1 saturated heterocycles. The number of benzene rings is 1. The zero-order valence-electron chi connectivity index (χ0n) is 15.6. The minimum atomic E-state index is 0. The molecular formula is C20H33IN4. The quantitative estimate of drug-likeness (QED) is 0.392. The highest BCUT2D eigenvalue weighted by atomic mass is 127. The highest BCUT2D eigenvalue weighted by Gasteiger charge is 2.38. The molecule has 1 heterocycles. The molecule has 2 fully saturated rings. The Hall–Kier alpha value is -0.820. The van der Waals surface area contributed by atoms with Crippen LogP contribution >= 0.6 is 24.0 Å². The summed E-state index contributed by atoms with van der Waals surface area (Å²) in [6.45, 7) is 7.87. The van der Waals surface area contributed by atoms with Crippen molar-refractivity contribution in [1.82, 2.24) is 15.5 Å². The number of hydrogen-bond donors (Lipinski definition) is 2. The molecule has 0 bridgehead atoms. The first-order chi connectivity index (χ1) is 11.8. The molecule has 2 N–H and O–H groups in total. The Balaban J connectivity index is 0.00000225. The Morgan fingerprint density at radius 2 is 2.00 bits per heavy atom. The minimum absolute atomic E-state index is 0. The molecule has 140 valence electrons. The first-order valence-corrected chi connectivity index (χ1v) is 9.48. The summed E-state index contributed by atoms with van der Waals surface area (Å²) in [6.07, 6.45) is 5.17. The van der Waals surface area contributed by atoms with Crippen LogP contribution in [-0.4, -0.2) is 50.6 Å². The number of hydrogen-bond acceptors (Lipinski definition) is 2. The average Bonchev–Trinajstić information content (AvgIpc) is 3.05. The van der Waals surface area contributed by atoms with E-state index in [1.54, 1.807) is 0 Å². The molecule has 0 spiro atoms. The van der Waals surface area contributed by atoms with Gasteiger partial charge in [0, 0.05) is 32.1 Å². The molecule has 0 radical (unpaired) electrons. The van der Waals surface area contributed by atoms with Crippen LogP contribution in [0.3, 0.4) is 0 Å². The molecule has 0 aromatic heterocycles. The second-order valence-electron chi connectivity index (χ2n) is 7.35. The molecule has 3 rings (SSSR count). The van der Waals surface area contributed by atoms with Crippen LogP contribution in [0.15, 0.2) is 35.3 Å². The van der Waals surface area contributed by atoms with Gasteiger partial charge in [0.05, 0.1) is 0 Å². The zero-order valence-corrected chi connectivity index (χ0v) is 18.0. The molecule has 0 amide bonds. The number of nitrogens with zero attached hydrogens (tertiary/aromatic N) is 2. The van der Waals surface area contributed by atoms with Crippen molar-refractivity contribution >= 4 is 29.9 Å². The van der Waals surface area contributed by atoms with E-state index >= 15 is 0 Å². The summed E-state index contributed by atoms with van der Waals surface area (Å²) >= 11 is 0. The predicted molar refractivity (Wildman–Crippen MR) is 117 cm³/mol. The van der Waals surface area contributed by atoms with Crippen LogP contribution in [0, 0.1) is 5.92 Å². The van der Waals surface area contributed by atoms with Gasteiger partial charge < -0.3 is 15.5 Å². The van der Waals surface area contributed by atoms with E-state index in [4.69, 9.17) is 0 Å². The first kappa shape index (κ1) is 20.5. The van der Waals surface area contributed by atoms with Crippen molar-refractivity contribution in [3.05, 3.63) is 35.9 Å².